The van der Waals surface area contributed by atoms with Crippen LogP contribution in [0, 0.1) is 6.92 Å². The molecule has 148 valence electrons. The molecular formula is C21H24BrN3O3. The van der Waals surface area contributed by atoms with E-state index < -0.39 is 0 Å². The largest absolute Gasteiger partial charge is 0.380 e. The molecule has 3 rings (SSSR count). The smallest absolute Gasteiger partial charge is 0.253 e. The highest BCUT2D eigenvalue weighted by molar-refractivity contribution is 9.10. The molecule has 7 heteroatoms. The number of hydrogen-bond donors (Lipinski definition) is 2. The number of ether oxygens (including phenoxy) is 1. The molecule has 1 aromatic carbocycles. The van der Waals surface area contributed by atoms with E-state index in [4.69, 9.17) is 4.74 Å². The molecule has 0 unspecified atom stereocenters. The maximum absolute atomic E-state index is 12.9. The predicted molar refractivity (Wildman–Crippen MR) is 114 cm³/mol. The van der Waals surface area contributed by atoms with Crippen molar-refractivity contribution >= 4 is 32.7 Å². The van der Waals surface area contributed by atoms with Gasteiger partial charge in [0.2, 0.25) is 0 Å². The van der Waals surface area contributed by atoms with Gasteiger partial charge in [0.25, 0.3) is 11.5 Å². The number of halogens is 1. The van der Waals surface area contributed by atoms with Crippen molar-refractivity contribution in [3.8, 4) is 0 Å². The fraction of sp³-hybridized carbons (Fsp3) is 0.333. The zero-order valence-electron chi connectivity index (χ0n) is 16.4. The summed E-state index contributed by atoms with van der Waals surface area (Å²) in [4.78, 5) is 28.1. The second kappa shape index (κ2) is 8.32. The van der Waals surface area contributed by atoms with Gasteiger partial charge in [0, 0.05) is 52.6 Å². The first-order valence-corrected chi connectivity index (χ1v) is 9.90. The van der Waals surface area contributed by atoms with Crippen LogP contribution in [-0.2, 0) is 17.9 Å². The van der Waals surface area contributed by atoms with Gasteiger partial charge in [0.1, 0.15) is 0 Å². The summed E-state index contributed by atoms with van der Waals surface area (Å²) in [5, 5.41) is 3.77. The van der Waals surface area contributed by atoms with Crippen molar-refractivity contribution in [1.82, 2.24) is 14.9 Å². The summed E-state index contributed by atoms with van der Waals surface area (Å²) in [6.07, 6.45) is 1.99. The molecular weight excluding hydrogens is 422 g/mol. The molecule has 6 nitrogen and oxygen atoms in total. The highest BCUT2D eigenvalue weighted by Gasteiger charge is 2.16. The van der Waals surface area contributed by atoms with Gasteiger partial charge in [-0.1, -0.05) is 15.9 Å². The standard InChI is InChI=1S/C21H24BrN3O3/c1-12(2)25-6-5-16-17(8-15(22)9-19(16)25)20(26)23-10-18-14(11-28-4)7-13(3)24-21(18)27/h5-9,12H,10-11H2,1-4H3,(H,23,26)(H,24,27). The second-order valence-corrected chi connectivity index (χ2v) is 8.02. The van der Waals surface area contributed by atoms with Gasteiger partial charge in [0.05, 0.1) is 12.1 Å². The van der Waals surface area contributed by atoms with Gasteiger partial charge >= 0.3 is 0 Å². The molecule has 0 spiro atoms. The van der Waals surface area contributed by atoms with E-state index >= 15 is 0 Å². The van der Waals surface area contributed by atoms with Crippen molar-refractivity contribution < 1.29 is 9.53 Å². The first kappa shape index (κ1) is 20.4. The first-order valence-electron chi connectivity index (χ1n) is 9.10. The molecule has 0 bridgehead atoms. The van der Waals surface area contributed by atoms with E-state index in [9.17, 15) is 9.59 Å². The van der Waals surface area contributed by atoms with Gasteiger partial charge in [-0.2, -0.15) is 0 Å². The van der Waals surface area contributed by atoms with E-state index in [0.29, 0.717) is 17.7 Å². The molecule has 1 amide bonds. The number of benzene rings is 1. The van der Waals surface area contributed by atoms with Gasteiger partial charge in [-0.25, -0.2) is 0 Å². The second-order valence-electron chi connectivity index (χ2n) is 7.10. The molecule has 0 saturated heterocycles. The zero-order chi connectivity index (χ0) is 20.4. The number of methoxy groups -OCH3 is 1. The number of pyridine rings is 1. The number of rotatable bonds is 6. The minimum atomic E-state index is -0.226. The van der Waals surface area contributed by atoms with Crippen molar-refractivity contribution in [2.24, 2.45) is 0 Å². The summed E-state index contributed by atoms with van der Waals surface area (Å²) in [5.41, 5.74) is 3.39. The third kappa shape index (κ3) is 4.05. The average molecular weight is 446 g/mol. The van der Waals surface area contributed by atoms with Crippen LogP contribution in [0.4, 0.5) is 0 Å². The summed E-state index contributed by atoms with van der Waals surface area (Å²) in [5.74, 6) is -0.226. The van der Waals surface area contributed by atoms with Crippen LogP contribution in [0.3, 0.4) is 0 Å². The third-order valence-corrected chi connectivity index (χ3v) is 5.15. The van der Waals surface area contributed by atoms with Crippen molar-refractivity contribution in [2.45, 2.75) is 40.0 Å². The van der Waals surface area contributed by atoms with Crippen LogP contribution in [-0.4, -0.2) is 22.6 Å². The molecule has 0 saturated carbocycles. The van der Waals surface area contributed by atoms with Crippen LogP contribution in [0.25, 0.3) is 10.9 Å². The van der Waals surface area contributed by atoms with Crippen molar-refractivity contribution in [3.63, 3.8) is 0 Å². The maximum Gasteiger partial charge on any atom is 0.253 e. The number of aromatic amines is 1. The average Bonchev–Trinajstić information content (AvgIpc) is 3.04. The minimum Gasteiger partial charge on any atom is -0.380 e. The van der Waals surface area contributed by atoms with Crippen LogP contribution in [0.15, 0.2) is 39.7 Å². The molecule has 2 N–H and O–H groups in total. The lowest BCUT2D eigenvalue weighted by atomic mass is 10.1. The Hall–Kier alpha value is -2.38. The Morgan fingerprint density at radius 2 is 2.07 bits per heavy atom. The van der Waals surface area contributed by atoms with E-state index in [2.05, 4.69) is 44.6 Å². The predicted octanol–water partition coefficient (Wildman–Crippen LogP) is 4.06. The van der Waals surface area contributed by atoms with Crippen molar-refractivity contribution in [2.75, 3.05) is 7.11 Å². The summed E-state index contributed by atoms with van der Waals surface area (Å²) < 4.78 is 8.15. The summed E-state index contributed by atoms with van der Waals surface area (Å²) in [7, 11) is 1.58. The number of carbonyl (C=O) groups excluding carboxylic acids is 1. The third-order valence-electron chi connectivity index (χ3n) is 4.69. The fourth-order valence-corrected chi connectivity index (χ4v) is 3.84. The Labute approximate surface area is 172 Å². The number of aryl methyl sites for hydroxylation is 1. The quantitative estimate of drug-likeness (QED) is 0.600. The Bertz CT molecular complexity index is 1080. The van der Waals surface area contributed by atoms with Crippen LogP contribution in [0.1, 0.15) is 47.1 Å². The van der Waals surface area contributed by atoms with Crippen LogP contribution >= 0.6 is 15.9 Å². The van der Waals surface area contributed by atoms with E-state index in [1.807, 2.05) is 31.3 Å². The number of carbonyl (C=O) groups is 1. The normalized spacial score (nSPS) is 11.4. The lowest BCUT2D eigenvalue weighted by Gasteiger charge is -2.13. The van der Waals surface area contributed by atoms with Gasteiger partial charge in [-0.15, -0.1) is 0 Å². The van der Waals surface area contributed by atoms with Crippen LogP contribution in [0.2, 0.25) is 0 Å². The van der Waals surface area contributed by atoms with E-state index in [0.717, 1.165) is 26.6 Å². The van der Waals surface area contributed by atoms with Gasteiger partial charge < -0.3 is 19.6 Å². The monoisotopic (exact) mass is 445 g/mol. The van der Waals surface area contributed by atoms with E-state index in [-0.39, 0.29) is 24.1 Å². The zero-order valence-corrected chi connectivity index (χ0v) is 18.0. The number of nitrogens with one attached hydrogen (secondary N) is 2. The molecule has 0 aliphatic heterocycles. The number of H-pyrrole nitrogens is 1. The SMILES string of the molecule is COCc1cc(C)[nH]c(=O)c1CNC(=O)c1cc(Br)cc2c1ccn2C(C)C. The number of amides is 1. The van der Waals surface area contributed by atoms with E-state index in [1.54, 1.807) is 13.2 Å². The van der Waals surface area contributed by atoms with Gasteiger partial charge in [0.15, 0.2) is 0 Å². The molecule has 3 aromatic rings. The molecule has 0 fully saturated rings. The lowest BCUT2D eigenvalue weighted by molar-refractivity contribution is 0.0952. The number of fused-ring (bicyclic) bond motifs is 1. The molecule has 2 heterocycles. The molecule has 28 heavy (non-hydrogen) atoms. The lowest BCUT2D eigenvalue weighted by Crippen LogP contribution is -2.28. The van der Waals surface area contributed by atoms with Gasteiger partial charge in [-0.3, -0.25) is 9.59 Å². The molecule has 2 aromatic heterocycles. The molecule has 0 aliphatic carbocycles. The topological polar surface area (TPSA) is 76.1 Å². The number of hydrogen-bond acceptors (Lipinski definition) is 3. The van der Waals surface area contributed by atoms with Crippen molar-refractivity contribution in [3.05, 3.63) is 67.7 Å². The highest BCUT2D eigenvalue weighted by atomic mass is 79.9. The Kier molecular flexibility index (Phi) is 6.05. The van der Waals surface area contributed by atoms with Crippen LogP contribution in [0.5, 0.6) is 0 Å². The van der Waals surface area contributed by atoms with Gasteiger partial charge in [-0.05, 0) is 50.6 Å². The fourth-order valence-electron chi connectivity index (χ4n) is 3.39. The number of aromatic nitrogens is 2. The summed E-state index contributed by atoms with van der Waals surface area (Å²) in [6.45, 7) is 6.46. The Morgan fingerprint density at radius 3 is 2.75 bits per heavy atom. The molecule has 0 atom stereocenters. The summed E-state index contributed by atoms with van der Waals surface area (Å²) >= 11 is 3.50. The molecule has 0 aliphatic rings. The maximum atomic E-state index is 12.9. The van der Waals surface area contributed by atoms with Crippen molar-refractivity contribution in [1.29, 1.82) is 0 Å². The Morgan fingerprint density at radius 1 is 1.32 bits per heavy atom. The minimum absolute atomic E-state index is 0.131. The summed E-state index contributed by atoms with van der Waals surface area (Å²) in [6, 6.07) is 7.91. The Balaban J connectivity index is 1.92. The van der Waals surface area contributed by atoms with E-state index in [1.165, 1.54) is 0 Å². The highest BCUT2D eigenvalue weighted by Crippen LogP contribution is 2.27. The molecule has 0 radical (unpaired) electrons. The first-order chi connectivity index (χ1) is 13.3. The van der Waals surface area contributed by atoms with Crippen LogP contribution < -0.4 is 10.9 Å². The number of nitrogens with zero attached hydrogens (tertiary/aromatic N) is 1.